The number of carbonyl (C=O) groups excluding carboxylic acids is 1. The molecule has 1 aliphatic heterocycles. The number of likely N-dealkylation sites (tertiary alicyclic amines) is 1. The van der Waals surface area contributed by atoms with E-state index in [-0.39, 0.29) is 11.8 Å². The van der Waals surface area contributed by atoms with Gasteiger partial charge in [-0.15, -0.1) is 0 Å². The maximum atomic E-state index is 12.4. The Morgan fingerprint density at radius 2 is 1.84 bits per heavy atom. The minimum Gasteiger partial charge on any atom is -0.339 e. The van der Waals surface area contributed by atoms with Gasteiger partial charge in [0.05, 0.1) is 5.92 Å². The second-order valence-corrected chi connectivity index (χ2v) is 6.48. The van der Waals surface area contributed by atoms with Crippen molar-refractivity contribution in [2.45, 2.75) is 19.3 Å². The number of amides is 1. The fraction of sp³-hybridized carbons (Fsp3) is 0.250. The Hall–Kier alpha value is -2.95. The van der Waals surface area contributed by atoms with Crippen molar-refractivity contribution in [2.24, 2.45) is 0 Å². The fourth-order valence-electron chi connectivity index (χ4n) is 2.96. The SMILES string of the molecule is Cc1ccc(C(=O)N2CC(c3nc(Cc4ccccc4)no3)C2)cc1. The number of benzene rings is 2. The molecule has 2 heterocycles. The summed E-state index contributed by atoms with van der Waals surface area (Å²) >= 11 is 0. The van der Waals surface area contributed by atoms with Gasteiger partial charge in [-0.1, -0.05) is 53.2 Å². The van der Waals surface area contributed by atoms with Crippen LogP contribution in [0.1, 0.15) is 39.1 Å². The third kappa shape index (κ3) is 3.31. The molecule has 1 fully saturated rings. The molecule has 1 saturated heterocycles. The summed E-state index contributed by atoms with van der Waals surface area (Å²) in [5.41, 5.74) is 3.02. The highest BCUT2D eigenvalue weighted by Crippen LogP contribution is 2.27. The van der Waals surface area contributed by atoms with Gasteiger partial charge in [0, 0.05) is 25.1 Å². The predicted octanol–water partition coefficient (Wildman–Crippen LogP) is 3.21. The molecule has 126 valence electrons. The average molecular weight is 333 g/mol. The van der Waals surface area contributed by atoms with Gasteiger partial charge in [0.15, 0.2) is 5.82 Å². The molecule has 5 heteroatoms. The topological polar surface area (TPSA) is 59.2 Å². The first-order valence-corrected chi connectivity index (χ1v) is 8.41. The van der Waals surface area contributed by atoms with E-state index < -0.39 is 0 Å². The first-order valence-electron chi connectivity index (χ1n) is 8.41. The van der Waals surface area contributed by atoms with Crippen molar-refractivity contribution in [3.63, 3.8) is 0 Å². The van der Waals surface area contributed by atoms with E-state index in [0.717, 1.165) is 16.7 Å². The van der Waals surface area contributed by atoms with Crippen molar-refractivity contribution < 1.29 is 9.32 Å². The third-order valence-electron chi connectivity index (χ3n) is 4.51. The molecular formula is C20H19N3O2. The molecule has 1 aliphatic rings. The zero-order valence-electron chi connectivity index (χ0n) is 14.1. The van der Waals surface area contributed by atoms with Gasteiger partial charge in [0.1, 0.15) is 0 Å². The molecule has 4 rings (SSSR count). The van der Waals surface area contributed by atoms with Crippen molar-refractivity contribution in [1.82, 2.24) is 15.0 Å². The van der Waals surface area contributed by atoms with Gasteiger partial charge in [-0.3, -0.25) is 4.79 Å². The molecule has 0 unspecified atom stereocenters. The Morgan fingerprint density at radius 3 is 2.56 bits per heavy atom. The van der Waals surface area contributed by atoms with E-state index in [2.05, 4.69) is 10.1 Å². The molecule has 5 nitrogen and oxygen atoms in total. The molecule has 3 aromatic rings. The van der Waals surface area contributed by atoms with Crippen LogP contribution < -0.4 is 0 Å². The first kappa shape index (κ1) is 15.6. The fourth-order valence-corrected chi connectivity index (χ4v) is 2.96. The van der Waals surface area contributed by atoms with Gasteiger partial charge in [-0.05, 0) is 24.6 Å². The van der Waals surface area contributed by atoms with E-state index in [1.165, 1.54) is 0 Å². The Kier molecular flexibility index (Phi) is 4.06. The zero-order valence-corrected chi connectivity index (χ0v) is 14.1. The Labute approximate surface area is 146 Å². The van der Waals surface area contributed by atoms with Crippen molar-refractivity contribution in [2.75, 3.05) is 13.1 Å². The summed E-state index contributed by atoms with van der Waals surface area (Å²) in [6.07, 6.45) is 0.656. The van der Waals surface area contributed by atoms with E-state index in [9.17, 15) is 4.79 Å². The molecule has 25 heavy (non-hydrogen) atoms. The summed E-state index contributed by atoms with van der Waals surface area (Å²) in [5.74, 6) is 1.50. The number of hydrogen-bond acceptors (Lipinski definition) is 4. The van der Waals surface area contributed by atoms with Crippen LogP contribution in [0, 0.1) is 6.92 Å². The van der Waals surface area contributed by atoms with Crippen molar-refractivity contribution in [1.29, 1.82) is 0 Å². The average Bonchev–Trinajstić information content (AvgIpc) is 3.03. The minimum absolute atomic E-state index is 0.0558. The van der Waals surface area contributed by atoms with Gasteiger partial charge < -0.3 is 9.42 Å². The van der Waals surface area contributed by atoms with Crippen molar-refractivity contribution >= 4 is 5.91 Å². The zero-order chi connectivity index (χ0) is 17.2. The molecule has 0 atom stereocenters. The maximum absolute atomic E-state index is 12.4. The van der Waals surface area contributed by atoms with Gasteiger partial charge in [-0.25, -0.2) is 0 Å². The minimum atomic E-state index is 0.0558. The summed E-state index contributed by atoms with van der Waals surface area (Å²) in [6.45, 7) is 3.26. The maximum Gasteiger partial charge on any atom is 0.253 e. The van der Waals surface area contributed by atoms with Crippen LogP contribution in [0.5, 0.6) is 0 Å². The molecule has 1 aromatic heterocycles. The van der Waals surface area contributed by atoms with E-state index >= 15 is 0 Å². The highest BCUT2D eigenvalue weighted by molar-refractivity contribution is 5.94. The quantitative estimate of drug-likeness (QED) is 0.735. The molecular weight excluding hydrogens is 314 g/mol. The van der Waals surface area contributed by atoms with Gasteiger partial charge in [-0.2, -0.15) is 4.98 Å². The molecule has 2 aromatic carbocycles. The summed E-state index contributed by atoms with van der Waals surface area (Å²) in [5, 5.41) is 4.06. The smallest absolute Gasteiger partial charge is 0.253 e. The molecule has 1 amide bonds. The number of rotatable bonds is 4. The Balaban J connectivity index is 1.36. The second-order valence-electron chi connectivity index (χ2n) is 6.48. The van der Waals surface area contributed by atoms with E-state index in [0.29, 0.717) is 31.2 Å². The first-order chi connectivity index (χ1) is 12.2. The van der Waals surface area contributed by atoms with Gasteiger partial charge in [0.25, 0.3) is 5.91 Å². The molecule has 0 saturated carbocycles. The number of aromatic nitrogens is 2. The molecule has 0 bridgehead atoms. The summed E-state index contributed by atoms with van der Waals surface area (Å²) in [7, 11) is 0. The van der Waals surface area contributed by atoms with E-state index in [1.54, 1.807) is 0 Å². The summed E-state index contributed by atoms with van der Waals surface area (Å²) in [4.78, 5) is 18.7. The third-order valence-corrected chi connectivity index (χ3v) is 4.51. The van der Waals surface area contributed by atoms with Crippen molar-refractivity contribution in [3.8, 4) is 0 Å². The Morgan fingerprint density at radius 1 is 1.12 bits per heavy atom. The van der Waals surface area contributed by atoms with Crippen LogP contribution in [0.15, 0.2) is 59.1 Å². The lowest BCUT2D eigenvalue weighted by Gasteiger charge is -2.37. The highest BCUT2D eigenvalue weighted by atomic mass is 16.5. The second kappa shape index (κ2) is 6.51. The largest absolute Gasteiger partial charge is 0.339 e. The van der Waals surface area contributed by atoms with Crippen LogP contribution in [0.4, 0.5) is 0 Å². The number of nitrogens with zero attached hydrogens (tertiary/aromatic N) is 3. The number of carbonyl (C=O) groups is 1. The number of aryl methyl sites for hydroxylation is 1. The van der Waals surface area contributed by atoms with Crippen LogP contribution in [0.25, 0.3) is 0 Å². The standard InChI is InChI=1S/C20H19N3O2/c1-14-7-9-16(10-8-14)20(24)23-12-17(13-23)19-21-18(22-25-19)11-15-5-3-2-4-6-15/h2-10,17H,11-13H2,1H3. The number of hydrogen-bond donors (Lipinski definition) is 0. The lowest BCUT2D eigenvalue weighted by molar-refractivity contribution is 0.0569. The van der Waals surface area contributed by atoms with Crippen LogP contribution >= 0.6 is 0 Å². The van der Waals surface area contributed by atoms with Gasteiger partial charge in [0.2, 0.25) is 5.89 Å². The van der Waals surface area contributed by atoms with E-state index in [1.807, 2.05) is 66.4 Å². The summed E-state index contributed by atoms with van der Waals surface area (Å²) in [6, 6.07) is 17.7. The van der Waals surface area contributed by atoms with Crippen molar-refractivity contribution in [3.05, 3.63) is 83.0 Å². The molecule has 0 radical (unpaired) electrons. The monoisotopic (exact) mass is 333 g/mol. The van der Waals surface area contributed by atoms with Crippen LogP contribution in [0.3, 0.4) is 0 Å². The van der Waals surface area contributed by atoms with Gasteiger partial charge >= 0.3 is 0 Å². The lowest BCUT2D eigenvalue weighted by Crippen LogP contribution is -2.48. The van der Waals surface area contributed by atoms with Crippen LogP contribution in [-0.4, -0.2) is 34.0 Å². The highest BCUT2D eigenvalue weighted by Gasteiger charge is 2.35. The summed E-state index contributed by atoms with van der Waals surface area (Å²) < 4.78 is 5.39. The normalized spacial score (nSPS) is 14.4. The molecule has 0 spiro atoms. The molecule has 0 N–H and O–H groups in total. The Bertz CT molecular complexity index is 865. The van der Waals surface area contributed by atoms with Crippen LogP contribution in [-0.2, 0) is 6.42 Å². The van der Waals surface area contributed by atoms with E-state index in [4.69, 9.17) is 4.52 Å². The molecule has 0 aliphatic carbocycles. The predicted molar refractivity (Wildman–Crippen MR) is 93.4 cm³/mol. The van der Waals surface area contributed by atoms with Crippen LogP contribution in [0.2, 0.25) is 0 Å². The lowest BCUT2D eigenvalue weighted by atomic mass is 9.98.